The van der Waals surface area contributed by atoms with Gasteiger partial charge in [-0.15, -0.1) is 0 Å². The molecule has 0 bridgehead atoms. The molecule has 0 unspecified atom stereocenters. The first-order chi connectivity index (χ1) is 9.65. The summed E-state index contributed by atoms with van der Waals surface area (Å²) in [5.41, 5.74) is 2.00. The van der Waals surface area contributed by atoms with Crippen LogP contribution in [0.2, 0.25) is 0 Å². The van der Waals surface area contributed by atoms with E-state index in [9.17, 15) is 4.79 Å². The topological polar surface area (TPSA) is 41.6 Å². The lowest BCUT2D eigenvalue weighted by Gasteiger charge is -2.21. The van der Waals surface area contributed by atoms with E-state index < -0.39 is 0 Å². The summed E-state index contributed by atoms with van der Waals surface area (Å²) in [5.74, 6) is 0.750. The van der Waals surface area contributed by atoms with E-state index in [-0.39, 0.29) is 5.91 Å². The minimum Gasteiger partial charge on any atom is -0.381 e. The van der Waals surface area contributed by atoms with E-state index in [1.165, 1.54) is 0 Å². The normalized spacial score (nSPS) is 15.9. The Morgan fingerprint density at radius 1 is 1.25 bits per heavy atom. The average Bonchev–Trinajstić information content (AvgIpc) is 2.47. The molecular formula is C16H24N2O2. The third-order valence-electron chi connectivity index (χ3n) is 3.79. The van der Waals surface area contributed by atoms with E-state index >= 15 is 0 Å². The summed E-state index contributed by atoms with van der Waals surface area (Å²) in [5, 5.41) is 2.96. The molecule has 0 spiro atoms. The Morgan fingerprint density at radius 2 is 1.90 bits per heavy atom. The smallest absolute Gasteiger partial charge is 0.224 e. The highest BCUT2D eigenvalue weighted by Crippen LogP contribution is 2.21. The number of nitrogens with one attached hydrogen (secondary N) is 1. The van der Waals surface area contributed by atoms with Gasteiger partial charge in [-0.25, -0.2) is 0 Å². The van der Waals surface area contributed by atoms with Crippen LogP contribution in [-0.4, -0.2) is 33.2 Å². The van der Waals surface area contributed by atoms with Crippen molar-refractivity contribution >= 4 is 17.3 Å². The van der Waals surface area contributed by atoms with Gasteiger partial charge in [0.05, 0.1) is 0 Å². The summed E-state index contributed by atoms with van der Waals surface area (Å²) in [6, 6.07) is 7.91. The van der Waals surface area contributed by atoms with E-state index in [2.05, 4.69) is 5.32 Å². The van der Waals surface area contributed by atoms with Gasteiger partial charge in [-0.1, -0.05) is 0 Å². The first-order valence-electron chi connectivity index (χ1n) is 7.30. The fourth-order valence-electron chi connectivity index (χ4n) is 2.44. The second-order valence-electron chi connectivity index (χ2n) is 5.58. The van der Waals surface area contributed by atoms with E-state index in [4.69, 9.17) is 4.74 Å². The van der Waals surface area contributed by atoms with Crippen LogP contribution < -0.4 is 10.2 Å². The van der Waals surface area contributed by atoms with E-state index in [0.717, 1.165) is 43.9 Å². The maximum atomic E-state index is 11.9. The van der Waals surface area contributed by atoms with Crippen LogP contribution in [0, 0.1) is 5.92 Å². The molecule has 110 valence electrons. The Labute approximate surface area is 121 Å². The Balaban J connectivity index is 1.75. The Kier molecular flexibility index (Phi) is 5.41. The molecule has 1 aromatic carbocycles. The molecule has 4 nitrogen and oxygen atoms in total. The molecule has 1 fully saturated rings. The largest absolute Gasteiger partial charge is 0.381 e. The van der Waals surface area contributed by atoms with Crippen molar-refractivity contribution in [3.63, 3.8) is 0 Å². The van der Waals surface area contributed by atoms with Gasteiger partial charge < -0.3 is 15.0 Å². The molecule has 0 aromatic heterocycles. The molecule has 1 saturated heterocycles. The van der Waals surface area contributed by atoms with Gasteiger partial charge in [0.25, 0.3) is 0 Å². The van der Waals surface area contributed by atoms with Crippen molar-refractivity contribution in [2.75, 3.05) is 37.5 Å². The highest BCUT2D eigenvalue weighted by molar-refractivity contribution is 5.90. The minimum atomic E-state index is 0.106. The van der Waals surface area contributed by atoms with E-state index in [1.807, 2.05) is 43.3 Å². The molecule has 1 heterocycles. The number of rotatable bonds is 5. The summed E-state index contributed by atoms with van der Waals surface area (Å²) in [7, 11) is 4.00. The summed E-state index contributed by atoms with van der Waals surface area (Å²) in [6.45, 7) is 1.69. The van der Waals surface area contributed by atoms with Crippen LogP contribution in [0.5, 0.6) is 0 Å². The number of nitrogens with zero attached hydrogens (tertiary/aromatic N) is 1. The molecule has 0 atom stereocenters. The molecule has 1 aromatic rings. The van der Waals surface area contributed by atoms with Crippen LogP contribution in [0.3, 0.4) is 0 Å². The summed E-state index contributed by atoms with van der Waals surface area (Å²) >= 11 is 0. The maximum Gasteiger partial charge on any atom is 0.224 e. The van der Waals surface area contributed by atoms with E-state index in [1.54, 1.807) is 0 Å². The quantitative estimate of drug-likeness (QED) is 0.899. The second kappa shape index (κ2) is 7.29. The summed E-state index contributed by atoms with van der Waals surface area (Å²) in [4.78, 5) is 14.0. The number of benzene rings is 1. The summed E-state index contributed by atoms with van der Waals surface area (Å²) in [6.07, 6.45) is 3.74. The first-order valence-corrected chi connectivity index (χ1v) is 7.30. The lowest BCUT2D eigenvalue weighted by Crippen LogP contribution is -2.18. The molecule has 1 aliphatic rings. The molecule has 4 heteroatoms. The predicted molar refractivity (Wildman–Crippen MR) is 82.2 cm³/mol. The van der Waals surface area contributed by atoms with Crippen molar-refractivity contribution in [3.8, 4) is 0 Å². The van der Waals surface area contributed by atoms with Crippen LogP contribution in [0.25, 0.3) is 0 Å². The van der Waals surface area contributed by atoms with Crippen molar-refractivity contribution in [2.24, 2.45) is 5.92 Å². The second-order valence-corrected chi connectivity index (χ2v) is 5.58. The molecular weight excluding hydrogens is 252 g/mol. The highest BCUT2D eigenvalue weighted by Gasteiger charge is 2.15. The third-order valence-corrected chi connectivity index (χ3v) is 3.79. The Hall–Kier alpha value is -1.55. The number of hydrogen-bond acceptors (Lipinski definition) is 3. The standard InChI is InChI=1S/C16H24N2O2/c1-18(2)15-6-4-14(5-7-15)17-16(19)8-3-13-9-11-20-12-10-13/h4-7,13H,3,8-12H2,1-2H3,(H,17,19). The van der Waals surface area contributed by atoms with Crippen molar-refractivity contribution in [3.05, 3.63) is 24.3 Å². The minimum absolute atomic E-state index is 0.106. The molecule has 20 heavy (non-hydrogen) atoms. The molecule has 0 radical (unpaired) electrons. The summed E-state index contributed by atoms with van der Waals surface area (Å²) < 4.78 is 5.33. The average molecular weight is 276 g/mol. The van der Waals surface area contributed by atoms with Crippen LogP contribution in [-0.2, 0) is 9.53 Å². The van der Waals surface area contributed by atoms with Gasteiger partial charge in [-0.2, -0.15) is 0 Å². The molecule has 2 rings (SSSR count). The number of ether oxygens (including phenoxy) is 1. The fraction of sp³-hybridized carbons (Fsp3) is 0.562. The van der Waals surface area contributed by atoms with Gasteiger partial charge in [0.1, 0.15) is 0 Å². The monoisotopic (exact) mass is 276 g/mol. The van der Waals surface area contributed by atoms with Crippen molar-refractivity contribution in [1.82, 2.24) is 0 Å². The van der Waals surface area contributed by atoms with E-state index in [0.29, 0.717) is 12.3 Å². The zero-order chi connectivity index (χ0) is 14.4. The lowest BCUT2D eigenvalue weighted by atomic mass is 9.95. The molecule has 0 aliphatic carbocycles. The van der Waals surface area contributed by atoms with Crippen LogP contribution in [0.15, 0.2) is 24.3 Å². The number of carbonyl (C=O) groups excluding carboxylic acids is 1. The fourth-order valence-corrected chi connectivity index (χ4v) is 2.44. The highest BCUT2D eigenvalue weighted by atomic mass is 16.5. The van der Waals surface area contributed by atoms with Gasteiger partial charge in [0.2, 0.25) is 5.91 Å². The Morgan fingerprint density at radius 3 is 2.50 bits per heavy atom. The van der Waals surface area contributed by atoms with Crippen LogP contribution >= 0.6 is 0 Å². The van der Waals surface area contributed by atoms with Crippen molar-refractivity contribution in [2.45, 2.75) is 25.7 Å². The van der Waals surface area contributed by atoms with Crippen LogP contribution in [0.1, 0.15) is 25.7 Å². The number of amides is 1. The van der Waals surface area contributed by atoms with Gasteiger partial charge in [-0.3, -0.25) is 4.79 Å². The van der Waals surface area contributed by atoms with Crippen LogP contribution in [0.4, 0.5) is 11.4 Å². The molecule has 0 saturated carbocycles. The number of anilines is 2. The van der Waals surface area contributed by atoms with Crippen molar-refractivity contribution in [1.29, 1.82) is 0 Å². The van der Waals surface area contributed by atoms with Crippen molar-refractivity contribution < 1.29 is 9.53 Å². The zero-order valence-corrected chi connectivity index (χ0v) is 12.4. The number of carbonyl (C=O) groups is 1. The molecule has 1 aliphatic heterocycles. The SMILES string of the molecule is CN(C)c1ccc(NC(=O)CCC2CCOCC2)cc1. The Bertz CT molecular complexity index is 423. The maximum absolute atomic E-state index is 11.9. The predicted octanol–water partition coefficient (Wildman–Crippen LogP) is 2.90. The lowest BCUT2D eigenvalue weighted by molar-refractivity contribution is -0.116. The van der Waals surface area contributed by atoms with Gasteiger partial charge in [-0.05, 0) is 49.4 Å². The zero-order valence-electron chi connectivity index (χ0n) is 12.4. The molecule has 1 amide bonds. The van der Waals surface area contributed by atoms with Gasteiger partial charge in [0, 0.05) is 45.1 Å². The number of hydrogen-bond donors (Lipinski definition) is 1. The van der Waals surface area contributed by atoms with Gasteiger partial charge >= 0.3 is 0 Å². The third kappa shape index (κ3) is 4.53. The van der Waals surface area contributed by atoms with Gasteiger partial charge in [0.15, 0.2) is 0 Å². The first kappa shape index (κ1) is 14.9. The molecule has 1 N–H and O–H groups in total.